The quantitative estimate of drug-likeness (QED) is 0.835. The first-order valence-corrected chi connectivity index (χ1v) is 5.57. The van der Waals surface area contributed by atoms with Gasteiger partial charge in [0.15, 0.2) is 0 Å². The number of phenols is 1. The fraction of sp³-hybridized carbons (Fsp3) is 0.0667. The fourth-order valence-electron chi connectivity index (χ4n) is 1.76. The maximum atomic E-state index is 11.5. The number of carbonyl (C=O) groups excluding carboxylic acids is 1. The zero-order valence-electron chi connectivity index (χ0n) is 10.3. The van der Waals surface area contributed by atoms with Gasteiger partial charge < -0.3 is 9.84 Å². The molecule has 0 heterocycles. The van der Waals surface area contributed by atoms with E-state index >= 15 is 0 Å². The molecule has 94 valence electrons. The van der Waals surface area contributed by atoms with E-state index < -0.39 is 5.97 Å². The van der Waals surface area contributed by atoms with E-state index in [-0.39, 0.29) is 11.3 Å². The second kappa shape index (κ2) is 5.23. The molecule has 4 heteroatoms. The van der Waals surface area contributed by atoms with Gasteiger partial charge in [0.25, 0.3) is 0 Å². The number of ether oxygens (including phenoxy) is 1. The Hall–Kier alpha value is -2.80. The van der Waals surface area contributed by atoms with Gasteiger partial charge in [-0.1, -0.05) is 18.2 Å². The minimum absolute atomic E-state index is 0.0994. The molecule has 1 N–H and O–H groups in total. The summed E-state index contributed by atoms with van der Waals surface area (Å²) in [6.07, 6.45) is 0. The summed E-state index contributed by atoms with van der Waals surface area (Å²) in [5.74, 6) is -0.733. The standard InChI is InChI=1S/C15H11NO3/c1-19-15(18)13-8-12(5-6-14(13)17)11-4-2-3-10(7-11)9-16/h2-8,17H,1H3. The summed E-state index contributed by atoms with van der Waals surface area (Å²) in [5.41, 5.74) is 2.16. The summed E-state index contributed by atoms with van der Waals surface area (Å²) in [5, 5.41) is 18.5. The molecule has 0 atom stereocenters. The molecule has 0 fully saturated rings. The highest BCUT2D eigenvalue weighted by Crippen LogP contribution is 2.26. The molecule has 0 spiro atoms. The van der Waals surface area contributed by atoms with E-state index in [0.717, 1.165) is 11.1 Å². The summed E-state index contributed by atoms with van der Waals surface area (Å²) in [6, 6.07) is 13.7. The molecule has 2 rings (SSSR count). The highest BCUT2D eigenvalue weighted by molar-refractivity contribution is 5.94. The topological polar surface area (TPSA) is 70.3 Å². The Kier molecular flexibility index (Phi) is 3.48. The van der Waals surface area contributed by atoms with Gasteiger partial charge in [0.05, 0.1) is 18.7 Å². The number of hydrogen-bond acceptors (Lipinski definition) is 4. The monoisotopic (exact) mass is 253 g/mol. The number of hydrogen-bond donors (Lipinski definition) is 1. The Morgan fingerprint density at radius 1 is 1.21 bits per heavy atom. The van der Waals surface area contributed by atoms with E-state index in [2.05, 4.69) is 10.8 Å². The molecule has 0 aliphatic carbocycles. The summed E-state index contributed by atoms with van der Waals surface area (Å²) in [4.78, 5) is 11.5. The van der Waals surface area contributed by atoms with E-state index in [0.29, 0.717) is 5.56 Å². The number of nitriles is 1. The third kappa shape index (κ3) is 2.55. The van der Waals surface area contributed by atoms with Crippen LogP contribution >= 0.6 is 0 Å². The van der Waals surface area contributed by atoms with Crippen molar-refractivity contribution in [3.8, 4) is 22.9 Å². The predicted octanol–water partition coefficient (Wildman–Crippen LogP) is 2.72. The van der Waals surface area contributed by atoms with Gasteiger partial charge in [-0.2, -0.15) is 5.26 Å². The van der Waals surface area contributed by atoms with Crippen LogP contribution in [0.5, 0.6) is 5.75 Å². The van der Waals surface area contributed by atoms with Crippen molar-refractivity contribution >= 4 is 5.97 Å². The van der Waals surface area contributed by atoms with Gasteiger partial charge in [-0.15, -0.1) is 0 Å². The van der Waals surface area contributed by atoms with Crippen LogP contribution in [0.3, 0.4) is 0 Å². The molecule has 0 saturated heterocycles. The number of rotatable bonds is 2. The fourth-order valence-corrected chi connectivity index (χ4v) is 1.76. The van der Waals surface area contributed by atoms with Crippen molar-refractivity contribution in [2.45, 2.75) is 0 Å². The SMILES string of the molecule is COC(=O)c1cc(-c2cccc(C#N)c2)ccc1O. The zero-order valence-corrected chi connectivity index (χ0v) is 10.3. The molecule has 2 aromatic rings. The van der Waals surface area contributed by atoms with Crippen LogP contribution in [-0.2, 0) is 4.74 Å². The zero-order chi connectivity index (χ0) is 13.8. The molecule has 0 bridgehead atoms. The van der Waals surface area contributed by atoms with Crippen LogP contribution < -0.4 is 0 Å². The third-order valence-corrected chi connectivity index (χ3v) is 2.73. The number of esters is 1. The first-order valence-electron chi connectivity index (χ1n) is 5.57. The van der Waals surface area contributed by atoms with Crippen molar-refractivity contribution in [1.29, 1.82) is 5.26 Å². The summed E-state index contributed by atoms with van der Waals surface area (Å²) >= 11 is 0. The minimum atomic E-state index is -0.601. The van der Waals surface area contributed by atoms with Crippen molar-refractivity contribution in [3.63, 3.8) is 0 Å². The first kappa shape index (κ1) is 12.7. The smallest absolute Gasteiger partial charge is 0.341 e. The van der Waals surface area contributed by atoms with Crippen molar-refractivity contribution in [3.05, 3.63) is 53.6 Å². The van der Waals surface area contributed by atoms with Gasteiger partial charge in [0.2, 0.25) is 0 Å². The van der Waals surface area contributed by atoms with Crippen LogP contribution in [0.4, 0.5) is 0 Å². The lowest BCUT2D eigenvalue weighted by molar-refractivity contribution is 0.0597. The Bertz CT molecular complexity index is 671. The van der Waals surface area contributed by atoms with Crippen molar-refractivity contribution < 1.29 is 14.6 Å². The van der Waals surface area contributed by atoms with Gasteiger partial charge in [0.1, 0.15) is 11.3 Å². The Balaban J connectivity index is 2.51. The number of nitrogens with zero attached hydrogens (tertiary/aromatic N) is 1. The molecule has 0 amide bonds. The molecule has 0 aromatic heterocycles. The van der Waals surface area contributed by atoms with Crippen LogP contribution in [0.1, 0.15) is 15.9 Å². The van der Waals surface area contributed by atoms with Gasteiger partial charge in [-0.05, 0) is 35.4 Å². The number of benzene rings is 2. The molecule has 2 aromatic carbocycles. The van der Waals surface area contributed by atoms with E-state index in [1.807, 2.05) is 6.07 Å². The molecular weight excluding hydrogens is 242 g/mol. The van der Waals surface area contributed by atoms with Gasteiger partial charge >= 0.3 is 5.97 Å². The van der Waals surface area contributed by atoms with Crippen LogP contribution in [0.25, 0.3) is 11.1 Å². The maximum absolute atomic E-state index is 11.5. The predicted molar refractivity (Wildman–Crippen MR) is 69.6 cm³/mol. The van der Waals surface area contributed by atoms with Crippen LogP contribution in [0, 0.1) is 11.3 Å². The van der Waals surface area contributed by atoms with Crippen molar-refractivity contribution in [1.82, 2.24) is 0 Å². The molecule has 0 unspecified atom stereocenters. The third-order valence-electron chi connectivity index (χ3n) is 2.73. The summed E-state index contributed by atoms with van der Waals surface area (Å²) in [7, 11) is 1.25. The molecule has 0 saturated carbocycles. The normalized spacial score (nSPS) is 9.68. The molecule has 0 aliphatic heterocycles. The Morgan fingerprint density at radius 2 is 1.95 bits per heavy atom. The van der Waals surface area contributed by atoms with Crippen molar-refractivity contribution in [2.75, 3.05) is 7.11 Å². The molecule has 0 radical (unpaired) electrons. The highest BCUT2D eigenvalue weighted by atomic mass is 16.5. The van der Waals surface area contributed by atoms with Gasteiger partial charge in [0, 0.05) is 0 Å². The lowest BCUT2D eigenvalue weighted by Gasteiger charge is -2.06. The molecule has 4 nitrogen and oxygen atoms in total. The van der Waals surface area contributed by atoms with E-state index in [9.17, 15) is 9.90 Å². The average Bonchev–Trinajstić information content (AvgIpc) is 2.47. The largest absolute Gasteiger partial charge is 0.507 e. The van der Waals surface area contributed by atoms with E-state index in [4.69, 9.17) is 5.26 Å². The van der Waals surface area contributed by atoms with Crippen LogP contribution in [-0.4, -0.2) is 18.2 Å². The van der Waals surface area contributed by atoms with Gasteiger partial charge in [-0.3, -0.25) is 0 Å². The number of methoxy groups -OCH3 is 1. The molecule has 0 aliphatic rings. The Labute approximate surface area is 110 Å². The van der Waals surface area contributed by atoms with Crippen molar-refractivity contribution in [2.24, 2.45) is 0 Å². The highest BCUT2D eigenvalue weighted by Gasteiger charge is 2.12. The average molecular weight is 253 g/mol. The number of aromatic hydroxyl groups is 1. The summed E-state index contributed by atoms with van der Waals surface area (Å²) in [6.45, 7) is 0. The van der Waals surface area contributed by atoms with E-state index in [1.54, 1.807) is 24.3 Å². The van der Waals surface area contributed by atoms with Crippen LogP contribution in [0.2, 0.25) is 0 Å². The second-order valence-electron chi connectivity index (χ2n) is 3.92. The van der Waals surface area contributed by atoms with Gasteiger partial charge in [-0.25, -0.2) is 4.79 Å². The number of carbonyl (C=O) groups is 1. The number of phenolic OH excluding ortho intramolecular Hbond substituents is 1. The Morgan fingerprint density at radius 3 is 2.63 bits per heavy atom. The van der Waals surface area contributed by atoms with E-state index in [1.165, 1.54) is 19.2 Å². The lowest BCUT2D eigenvalue weighted by atomic mass is 10.0. The molecule has 19 heavy (non-hydrogen) atoms. The second-order valence-corrected chi connectivity index (χ2v) is 3.92. The first-order chi connectivity index (χ1) is 9.15. The minimum Gasteiger partial charge on any atom is -0.507 e. The van der Waals surface area contributed by atoms with Crippen LogP contribution in [0.15, 0.2) is 42.5 Å². The maximum Gasteiger partial charge on any atom is 0.341 e. The molecular formula is C15H11NO3. The summed E-state index contributed by atoms with van der Waals surface area (Å²) < 4.78 is 4.60. The lowest BCUT2D eigenvalue weighted by Crippen LogP contribution is -2.01.